The Balaban J connectivity index is 1.79. The van der Waals surface area contributed by atoms with Gasteiger partial charge in [-0.2, -0.15) is 0 Å². The summed E-state index contributed by atoms with van der Waals surface area (Å²) in [6, 6.07) is 9.90. The standard InChI is InChI=1S/C21H25N3O2/c1-15(2)11-23(3)21(25)20-9-17-13-24(14-18(17)10-22-20)12-16-5-7-19(26-4)8-6-16/h5-10,13-15H,11-12H2,1-4H3. The lowest BCUT2D eigenvalue weighted by Crippen LogP contribution is -2.30. The first-order valence-corrected chi connectivity index (χ1v) is 8.80. The van der Waals surface area contributed by atoms with Crippen LogP contribution in [0.15, 0.2) is 48.9 Å². The predicted octanol–water partition coefficient (Wildman–Crippen LogP) is 3.82. The molecular weight excluding hydrogens is 326 g/mol. The highest BCUT2D eigenvalue weighted by Gasteiger charge is 2.15. The second-order valence-corrected chi connectivity index (χ2v) is 7.06. The maximum atomic E-state index is 12.5. The molecule has 0 spiro atoms. The second-order valence-electron chi connectivity index (χ2n) is 7.06. The van der Waals surface area contributed by atoms with Crippen LogP contribution in [0.1, 0.15) is 29.9 Å². The Hall–Kier alpha value is -2.82. The van der Waals surface area contributed by atoms with Crippen LogP contribution < -0.4 is 4.74 Å². The molecule has 0 bridgehead atoms. The average molecular weight is 351 g/mol. The second kappa shape index (κ2) is 7.60. The molecule has 5 heteroatoms. The van der Waals surface area contributed by atoms with Gasteiger partial charge >= 0.3 is 0 Å². The third kappa shape index (κ3) is 4.04. The molecule has 0 saturated carbocycles. The van der Waals surface area contributed by atoms with E-state index in [1.165, 1.54) is 5.56 Å². The lowest BCUT2D eigenvalue weighted by atomic mass is 10.2. The monoisotopic (exact) mass is 351 g/mol. The van der Waals surface area contributed by atoms with Gasteiger partial charge in [0.05, 0.1) is 7.11 Å². The van der Waals surface area contributed by atoms with Crippen molar-refractivity contribution in [3.8, 4) is 5.75 Å². The Morgan fingerprint density at radius 3 is 2.54 bits per heavy atom. The SMILES string of the molecule is COc1ccc(Cn2cc3cnc(C(=O)N(C)CC(C)C)cc3c2)cc1. The van der Waals surface area contributed by atoms with Crippen LogP contribution >= 0.6 is 0 Å². The molecule has 5 nitrogen and oxygen atoms in total. The van der Waals surface area contributed by atoms with Crippen molar-refractivity contribution in [1.29, 1.82) is 0 Å². The predicted molar refractivity (Wildman–Crippen MR) is 104 cm³/mol. The number of amides is 1. The normalized spacial score (nSPS) is 11.1. The van der Waals surface area contributed by atoms with Crippen molar-refractivity contribution in [3.63, 3.8) is 0 Å². The van der Waals surface area contributed by atoms with Gasteiger partial charge in [0.1, 0.15) is 11.4 Å². The third-order valence-corrected chi connectivity index (χ3v) is 4.31. The molecule has 2 aromatic heterocycles. The number of methoxy groups -OCH3 is 1. The van der Waals surface area contributed by atoms with Gasteiger partial charge in [0, 0.05) is 49.5 Å². The molecule has 0 radical (unpaired) electrons. The largest absolute Gasteiger partial charge is 0.497 e. The third-order valence-electron chi connectivity index (χ3n) is 4.31. The topological polar surface area (TPSA) is 47.4 Å². The number of carbonyl (C=O) groups is 1. The Labute approximate surface area is 154 Å². The van der Waals surface area contributed by atoms with Crippen molar-refractivity contribution >= 4 is 16.7 Å². The molecule has 136 valence electrons. The van der Waals surface area contributed by atoms with Crippen LogP contribution in [0, 0.1) is 5.92 Å². The lowest BCUT2D eigenvalue weighted by Gasteiger charge is -2.18. The number of pyridine rings is 1. The average Bonchev–Trinajstić information content (AvgIpc) is 3.02. The zero-order valence-electron chi connectivity index (χ0n) is 15.8. The highest BCUT2D eigenvalue weighted by Crippen LogP contribution is 2.19. The number of carbonyl (C=O) groups excluding carboxylic acids is 1. The summed E-state index contributed by atoms with van der Waals surface area (Å²) in [6.45, 7) is 5.67. The molecule has 0 atom stereocenters. The summed E-state index contributed by atoms with van der Waals surface area (Å²) in [7, 11) is 3.49. The summed E-state index contributed by atoms with van der Waals surface area (Å²) >= 11 is 0. The van der Waals surface area contributed by atoms with Gasteiger partial charge in [0.25, 0.3) is 5.91 Å². The first-order chi connectivity index (χ1) is 12.5. The highest BCUT2D eigenvalue weighted by atomic mass is 16.5. The van der Waals surface area contributed by atoms with Gasteiger partial charge in [0.2, 0.25) is 0 Å². The zero-order valence-corrected chi connectivity index (χ0v) is 15.8. The van der Waals surface area contributed by atoms with Crippen molar-refractivity contribution in [2.24, 2.45) is 5.92 Å². The molecule has 1 aromatic carbocycles. The maximum absolute atomic E-state index is 12.5. The van der Waals surface area contributed by atoms with E-state index in [4.69, 9.17) is 4.74 Å². The van der Waals surface area contributed by atoms with Gasteiger partial charge in [-0.1, -0.05) is 26.0 Å². The van der Waals surface area contributed by atoms with E-state index >= 15 is 0 Å². The lowest BCUT2D eigenvalue weighted by molar-refractivity contribution is 0.0773. The van der Waals surface area contributed by atoms with Crippen molar-refractivity contribution in [2.45, 2.75) is 20.4 Å². The number of fused-ring (bicyclic) bond motifs is 1. The number of hydrogen-bond donors (Lipinski definition) is 0. The Kier molecular flexibility index (Phi) is 5.26. The minimum Gasteiger partial charge on any atom is -0.497 e. The minimum absolute atomic E-state index is 0.0384. The molecule has 0 N–H and O–H groups in total. The molecule has 3 aromatic rings. The molecule has 26 heavy (non-hydrogen) atoms. The summed E-state index contributed by atoms with van der Waals surface area (Å²) in [5.41, 5.74) is 1.68. The molecule has 2 heterocycles. The van der Waals surface area contributed by atoms with Crippen LogP contribution in [-0.4, -0.2) is 41.1 Å². The summed E-state index contributed by atoms with van der Waals surface area (Å²) in [5.74, 6) is 1.24. The molecule has 3 rings (SSSR count). The van der Waals surface area contributed by atoms with E-state index in [2.05, 4.69) is 47.9 Å². The smallest absolute Gasteiger partial charge is 0.272 e. The Morgan fingerprint density at radius 1 is 1.19 bits per heavy atom. The molecule has 1 amide bonds. The molecule has 0 aliphatic carbocycles. The van der Waals surface area contributed by atoms with Gasteiger partial charge in [-0.05, 0) is 29.7 Å². The Morgan fingerprint density at radius 2 is 1.88 bits per heavy atom. The van der Waals surface area contributed by atoms with Gasteiger partial charge < -0.3 is 14.2 Å². The van der Waals surface area contributed by atoms with Crippen LogP contribution in [0.3, 0.4) is 0 Å². The van der Waals surface area contributed by atoms with E-state index in [9.17, 15) is 4.79 Å². The number of hydrogen-bond acceptors (Lipinski definition) is 3. The van der Waals surface area contributed by atoms with Crippen molar-refractivity contribution < 1.29 is 9.53 Å². The number of rotatable bonds is 6. The van der Waals surface area contributed by atoms with Crippen LogP contribution in [0.2, 0.25) is 0 Å². The van der Waals surface area contributed by atoms with Gasteiger partial charge in [-0.15, -0.1) is 0 Å². The Bertz CT molecular complexity index is 897. The van der Waals surface area contributed by atoms with Crippen LogP contribution in [0.25, 0.3) is 10.8 Å². The minimum atomic E-state index is -0.0384. The fourth-order valence-corrected chi connectivity index (χ4v) is 3.07. The van der Waals surface area contributed by atoms with E-state index < -0.39 is 0 Å². The molecule has 0 saturated heterocycles. The van der Waals surface area contributed by atoms with Gasteiger partial charge in [-0.3, -0.25) is 9.78 Å². The van der Waals surface area contributed by atoms with Gasteiger partial charge in [-0.25, -0.2) is 0 Å². The van der Waals surface area contributed by atoms with Gasteiger partial charge in [0.15, 0.2) is 0 Å². The molecule has 0 unspecified atom stereocenters. The first-order valence-electron chi connectivity index (χ1n) is 8.80. The van der Waals surface area contributed by atoms with Crippen molar-refractivity contribution in [3.05, 3.63) is 60.2 Å². The van der Waals surface area contributed by atoms with Crippen molar-refractivity contribution in [2.75, 3.05) is 20.7 Å². The number of nitrogens with zero attached hydrogens (tertiary/aromatic N) is 3. The maximum Gasteiger partial charge on any atom is 0.272 e. The summed E-state index contributed by atoms with van der Waals surface area (Å²) in [5, 5.41) is 2.05. The van der Waals surface area contributed by atoms with E-state index in [0.29, 0.717) is 11.6 Å². The summed E-state index contributed by atoms with van der Waals surface area (Å²) in [6.07, 6.45) is 5.88. The number of benzene rings is 1. The first kappa shape index (κ1) is 18.0. The molecule has 0 fully saturated rings. The van der Waals surface area contributed by atoms with E-state index in [1.807, 2.05) is 25.2 Å². The summed E-state index contributed by atoms with van der Waals surface area (Å²) < 4.78 is 7.31. The van der Waals surface area contributed by atoms with E-state index in [0.717, 1.165) is 29.6 Å². The van der Waals surface area contributed by atoms with E-state index in [-0.39, 0.29) is 5.91 Å². The quantitative estimate of drug-likeness (QED) is 0.678. The fraction of sp³-hybridized carbons (Fsp3) is 0.333. The zero-order chi connectivity index (χ0) is 18.7. The molecular formula is C21H25N3O2. The van der Waals surface area contributed by atoms with Crippen molar-refractivity contribution in [1.82, 2.24) is 14.5 Å². The molecule has 0 aliphatic heterocycles. The van der Waals surface area contributed by atoms with Crippen LogP contribution in [0.4, 0.5) is 0 Å². The number of ether oxygens (including phenoxy) is 1. The van der Waals surface area contributed by atoms with Crippen LogP contribution in [0.5, 0.6) is 5.75 Å². The molecule has 0 aliphatic rings. The highest BCUT2D eigenvalue weighted by molar-refractivity contribution is 5.96. The fourth-order valence-electron chi connectivity index (χ4n) is 3.07. The summed E-state index contributed by atoms with van der Waals surface area (Å²) in [4.78, 5) is 18.6. The van der Waals surface area contributed by atoms with Crippen LogP contribution in [-0.2, 0) is 6.54 Å². The van der Waals surface area contributed by atoms with E-state index in [1.54, 1.807) is 18.2 Å². The number of aromatic nitrogens is 2.